The van der Waals surface area contributed by atoms with Crippen LogP contribution in [0.15, 0.2) is 0 Å². The third-order valence-electron chi connectivity index (χ3n) is 3.74. The van der Waals surface area contributed by atoms with Gasteiger partial charge in [0.05, 0.1) is 45.0 Å². The summed E-state index contributed by atoms with van der Waals surface area (Å²) < 4.78 is 16.0. The van der Waals surface area contributed by atoms with Gasteiger partial charge in [-0.05, 0) is 25.7 Å². The minimum absolute atomic E-state index is 0.0733. The van der Waals surface area contributed by atoms with Crippen molar-refractivity contribution < 1.29 is 19.0 Å². The molecule has 1 saturated carbocycles. The molecule has 0 aromatic carbocycles. The summed E-state index contributed by atoms with van der Waals surface area (Å²) in [4.78, 5) is 11.4. The van der Waals surface area contributed by atoms with Crippen LogP contribution in [0.25, 0.3) is 0 Å². The van der Waals surface area contributed by atoms with Crippen LogP contribution >= 0.6 is 0 Å². The maximum absolute atomic E-state index is 11.4. The van der Waals surface area contributed by atoms with E-state index in [0.29, 0.717) is 12.6 Å². The molecule has 0 unspecified atom stereocenters. The molecule has 18 heavy (non-hydrogen) atoms. The van der Waals surface area contributed by atoms with E-state index >= 15 is 0 Å². The number of carbonyl (C=O) groups excluding carboxylic acids is 1. The SMILES string of the molecule is COC(=O)[C@H]1CC[C@H](OC[C@@H]2COCCN2)CC1. The predicted molar refractivity (Wildman–Crippen MR) is 66.3 cm³/mol. The highest BCUT2D eigenvalue weighted by Crippen LogP contribution is 2.27. The van der Waals surface area contributed by atoms with Gasteiger partial charge in [0.1, 0.15) is 0 Å². The van der Waals surface area contributed by atoms with Gasteiger partial charge in [0, 0.05) is 6.54 Å². The average molecular weight is 257 g/mol. The largest absolute Gasteiger partial charge is 0.469 e. The van der Waals surface area contributed by atoms with Crippen molar-refractivity contribution in [2.24, 2.45) is 5.92 Å². The van der Waals surface area contributed by atoms with Crippen LogP contribution in [0.2, 0.25) is 0 Å². The first-order valence-corrected chi connectivity index (χ1v) is 6.80. The molecule has 5 nitrogen and oxygen atoms in total. The van der Waals surface area contributed by atoms with Gasteiger partial charge in [-0.25, -0.2) is 0 Å². The van der Waals surface area contributed by atoms with Gasteiger partial charge in [0.2, 0.25) is 0 Å². The molecule has 104 valence electrons. The molecule has 1 N–H and O–H groups in total. The lowest BCUT2D eigenvalue weighted by Crippen LogP contribution is -2.45. The molecule has 1 atom stereocenters. The molecule has 1 heterocycles. The molecule has 0 spiro atoms. The normalized spacial score (nSPS) is 33.1. The van der Waals surface area contributed by atoms with Crippen LogP contribution in [0, 0.1) is 5.92 Å². The highest BCUT2D eigenvalue weighted by molar-refractivity contribution is 5.72. The fraction of sp³-hybridized carbons (Fsp3) is 0.923. The minimum atomic E-state index is -0.0733. The van der Waals surface area contributed by atoms with Gasteiger partial charge in [0.25, 0.3) is 0 Å². The number of esters is 1. The third kappa shape index (κ3) is 3.93. The molecule has 0 amide bonds. The molecule has 0 radical (unpaired) electrons. The van der Waals surface area contributed by atoms with Gasteiger partial charge in [-0.2, -0.15) is 0 Å². The van der Waals surface area contributed by atoms with Gasteiger partial charge in [-0.15, -0.1) is 0 Å². The fourth-order valence-electron chi connectivity index (χ4n) is 2.61. The minimum Gasteiger partial charge on any atom is -0.469 e. The van der Waals surface area contributed by atoms with Crippen molar-refractivity contribution in [3.8, 4) is 0 Å². The Morgan fingerprint density at radius 3 is 2.72 bits per heavy atom. The fourth-order valence-corrected chi connectivity index (χ4v) is 2.61. The molecule has 0 aromatic rings. The summed E-state index contributed by atoms with van der Waals surface area (Å²) in [6.07, 6.45) is 3.95. The second-order valence-electron chi connectivity index (χ2n) is 5.06. The van der Waals surface area contributed by atoms with Crippen molar-refractivity contribution in [3.05, 3.63) is 0 Å². The lowest BCUT2D eigenvalue weighted by atomic mass is 9.87. The van der Waals surface area contributed by atoms with Gasteiger partial charge in [0.15, 0.2) is 0 Å². The number of hydrogen-bond acceptors (Lipinski definition) is 5. The molecule has 1 aliphatic carbocycles. The Kier molecular flexibility index (Phi) is 5.41. The van der Waals surface area contributed by atoms with Crippen molar-refractivity contribution in [1.82, 2.24) is 5.32 Å². The Hall–Kier alpha value is -0.650. The van der Waals surface area contributed by atoms with Gasteiger partial charge >= 0.3 is 5.97 Å². The lowest BCUT2D eigenvalue weighted by molar-refractivity contribution is -0.147. The first-order chi connectivity index (χ1) is 8.79. The summed E-state index contributed by atoms with van der Waals surface area (Å²) in [5.41, 5.74) is 0. The zero-order chi connectivity index (χ0) is 12.8. The Morgan fingerprint density at radius 1 is 1.33 bits per heavy atom. The molecule has 2 rings (SSSR count). The van der Waals surface area contributed by atoms with Crippen LogP contribution in [-0.2, 0) is 19.0 Å². The van der Waals surface area contributed by atoms with Crippen molar-refractivity contribution in [2.45, 2.75) is 37.8 Å². The zero-order valence-electron chi connectivity index (χ0n) is 11.0. The van der Waals surface area contributed by atoms with E-state index in [0.717, 1.165) is 45.4 Å². The maximum Gasteiger partial charge on any atom is 0.308 e. The smallest absolute Gasteiger partial charge is 0.308 e. The summed E-state index contributed by atoms with van der Waals surface area (Å²) in [6.45, 7) is 3.13. The van der Waals surface area contributed by atoms with Crippen LogP contribution in [0.3, 0.4) is 0 Å². The standard InChI is InChI=1S/C13H23NO4/c1-16-13(15)10-2-4-12(5-3-10)18-9-11-8-17-7-6-14-11/h10-12,14H,2-9H2,1H3/t10-,11-,12-/m0/s1. The van der Waals surface area contributed by atoms with E-state index in [2.05, 4.69) is 5.32 Å². The summed E-state index contributed by atoms with van der Waals surface area (Å²) in [7, 11) is 1.46. The molecule has 5 heteroatoms. The summed E-state index contributed by atoms with van der Waals surface area (Å²) >= 11 is 0. The van der Waals surface area contributed by atoms with Gasteiger partial charge < -0.3 is 19.5 Å². The second-order valence-corrected chi connectivity index (χ2v) is 5.06. The predicted octanol–water partition coefficient (Wildman–Crippen LogP) is 0.723. The number of morpholine rings is 1. The third-order valence-corrected chi connectivity index (χ3v) is 3.74. The molecule has 1 saturated heterocycles. The van der Waals surface area contributed by atoms with Crippen LogP contribution in [-0.4, -0.2) is 51.6 Å². The lowest BCUT2D eigenvalue weighted by Gasteiger charge is -2.30. The highest BCUT2D eigenvalue weighted by atomic mass is 16.5. The first kappa shape index (κ1) is 13.8. The number of ether oxygens (including phenoxy) is 3. The summed E-state index contributed by atoms with van der Waals surface area (Å²) in [6, 6.07) is 0.317. The van der Waals surface area contributed by atoms with Crippen molar-refractivity contribution in [2.75, 3.05) is 33.5 Å². The molecule has 0 aromatic heterocycles. The van der Waals surface area contributed by atoms with E-state index in [4.69, 9.17) is 14.2 Å². The number of methoxy groups -OCH3 is 1. The van der Waals surface area contributed by atoms with E-state index in [1.54, 1.807) is 0 Å². The number of rotatable bonds is 4. The van der Waals surface area contributed by atoms with E-state index in [1.807, 2.05) is 0 Å². The summed E-state index contributed by atoms with van der Waals surface area (Å²) in [5, 5.41) is 3.37. The van der Waals surface area contributed by atoms with Crippen LogP contribution in [0.5, 0.6) is 0 Å². The quantitative estimate of drug-likeness (QED) is 0.752. The molecular formula is C13H23NO4. The molecule has 2 aliphatic rings. The topological polar surface area (TPSA) is 56.8 Å². The van der Waals surface area contributed by atoms with E-state index in [1.165, 1.54) is 7.11 Å². The number of nitrogens with one attached hydrogen (secondary N) is 1. The Balaban J connectivity index is 1.62. The Morgan fingerprint density at radius 2 is 2.11 bits per heavy atom. The first-order valence-electron chi connectivity index (χ1n) is 6.80. The zero-order valence-corrected chi connectivity index (χ0v) is 11.0. The molecule has 0 bridgehead atoms. The van der Waals surface area contributed by atoms with Crippen LogP contribution in [0.1, 0.15) is 25.7 Å². The van der Waals surface area contributed by atoms with E-state index in [9.17, 15) is 4.79 Å². The van der Waals surface area contributed by atoms with Crippen LogP contribution < -0.4 is 5.32 Å². The van der Waals surface area contributed by atoms with Crippen molar-refractivity contribution >= 4 is 5.97 Å². The Bertz CT molecular complexity index is 258. The second kappa shape index (κ2) is 7.07. The van der Waals surface area contributed by atoms with E-state index < -0.39 is 0 Å². The number of hydrogen-bond donors (Lipinski definition) is 1. The monoisotopic (exact) mass is 257 g/mol. The van der Waals surface area contributed by atoms with E-state index in [-0.39, 0.29) is 18.0 Å². The van der Waals surface area contributed by atoms with Crippen molar-refractivity contribution in [3.63, 3.8) is 0 Å². The van der Waals surface area contributed by atoms with Crippen molar-refractivity contribution in [1.29, 1.82) is 0 Å². The average Bonchev–Trinajstić information content (AvgIpc) is 2.46. The molecular weight excluding hydrogens is 234 g/mol. The molecule has 1 aliphatic heterocycles. The van der Waals surface area contributed by atoms with Gasteiger partial charge in [-0.1, -0.05) is 0 Å². The van der Waals surface area contributed by atoms with Gasteiger partial charge in [-0.3, -0.25) is 4.79 Å². The maximum atomic E-state index is 11.4. The summed E-state index contributed by atoms with van der Waals surface area (Å²) in [5.74, 6) is 0.00165. The number of carbonyl (C=O) groups is 1. The Labute approximate surface area is 108 Å². The highest BCUT2D eigenvalue weighted by Gasteiger charge is 2.27. The van der Waals surface area contributed by atoms with Crippen LogP contribution in [0.4, 0.5) is 0 Å². The molecule has 2 fully saturated rings.